The van der Waals surface area contributed by atoms with Gasteiger partial charge in [-0.1, -0.05) is 6.07 Å². The SMILES string of the molecule is Nc1cccc(OCCN2CCCC(O)C2)c1. The Morgan fingerprint density at radius 1 is 1.47 bits per heavy atom. The minimum absolute atomic E-state index is 0.170. The van der Waals surface area contributed by atoms with Crippen molar-refractivity contribution < 1.29 is 9.84 Å². The van der Waals surface area contributed by atoms with Crippen LogP contribution >= 0.6 is 0 Å². The van der Waals surface area contributed by atoms with Gasteiger partial charge in [-0.15, -0.1) is 0 Å². The summed E-state index contributed by atoms with van der Waals surface area (Å²) < 4.78 is 5.62. The highest BCUT2D eigenvalue weighted by Gasteiger charge is 2.16. The first-order chi connectivity index (χ1) is 8.24. The van der Waals surface area contributed by atoms with Crippen molar-refractivity contribution in [1.82, 2.24) is 4.90 Å². The van der Waals surface area contributed by atoms with E-state index in [-0.39, 0.29) is 6.10 Å². The molecule has 4 heteroatoms. The number of β-amino-alcohol motifs (C(OH)–C–C–N with tert-alkyl or cyclic N) is 1. The zero-order valence-corrected chi connectivity index (χ0v) is 10.0. The Morgan fingerprint density at radius 2 is 2.35 bits per heavy atom. The number of nitrogen functional groups attached to an aromatic ring is 1. The molecule has 0 saturated carbocycles. The van der Waals surface area contributed by atoms with Crippen molar-refractivity contribution >= 4 is 5.69 Å². The molecule has 0 radical (unpaired) electrons. The minimum Gasteiger partial charge on any atom is -0.492 e. The topological polar surface area (TPSA) is 58.7 Å². The van der Waals surface area contributed by atoms with E-state index in [1.165, 1.54) is 0 Å². The molecule has 1 aromatic rings. The van der Waals surface area contributed by atoms with Gasteiger partial charge in [0, 0.05) is 24.8 Å². The number of nitrogens with zero attached hydrogens (tertiary/aromatic N) is 1. The molecular weight excluding hydrogens is 216 g/mol. The van der Waals surface area contributed by atoms with Gasteiger partial charge < -0.3 is 15.6 Å². The fraction of sp³-hybridized carbons (Fsp3) is 0.538. The predicted octanol–water partition coefficient (Wildman–Crippen LogP) is 1.10. The molecule has 0 amide bonds. The third-order valence-corrected chi connectivity index (χ3v) is 3.01. The van der Waals surface area contributed by atoms with Crippen molar-refractivity contribution in [1.29, 1.82) is 0 Å². The first-order valence-electron chi connectivity index (χ1n) is 6.13. The van der Waals surface area contributed by atoms with Crippen molar-refractivity contribution in [3.63, 3.8) is 0 Å². The van der Waals surface area contributed by atoms with Gasteiger partial charge in [0.15, 0.2) is 0 Å². The molecule has 17 heavy (non-hydrogen) atoms. The standard InChI is InChI=1S/C13H20N2O2/c14-11-3-1-5-13(9-11)17-8-7-15-6-2-4-12(16)10-15/h1,3,5,9,12,16H,2,4,6-8,10,14H2. The summed E-state index contributed by atoms with van der Waals surface area (Å²) in [5.41, 5.74) is 6.39. The van der Waals surface area contributed by atoms with Crippen LogP contribution < -0.4 is 10.5 Å². The van der Waals surface area contributed by atoms with E-state index in [0.717, 1.165) is 43.9 Å². The average Bonchev–Trinajstić information content (AvgIpc) is 2.29. The number of likely N-dealkylation sites (tertiary alicyclic amines) is 1. The van der Waals surface area contributed by atoms with Crippen molar-refractivity contribution in [3.05, 3.63) is 24.3 Å². The Balaban J connectivity index is 1.72. The number of rotatable bonds is 4. The van der Waals surface area contributed by atoms with Crippen LogP contribution in [0.5, 0.6) is 5.75 Å². The summed E-state index contributed by atoms with van der Waals surface area (Å²) in [4.78, 5) is 2.24. The van der Waals surface area contributed by atoms with Crippen LogP contribution in [0, 0.1) is 0 Å². The number of anilines is 1. The van der Waals surface area contributed by atoms with Crippen LogP contribution in [0.2, 0.25) is 0 Å². The summed E-state index contributed by atoms with van der Waals surface area (Å²) in [6.45, 7) is 3.31. The third kappa shape index (κ3) is 3.91. The first kappa shape index (κ1) is 12.2. The van der Waals surface area contributed by atoms with Gasteiger partial charge in [-0.05, 0) is 31.5 Å². The average molecular weight is 236 g/mol. The minimum atomic E-state index is -0.170. The molecule has 94 valence electrons. The Labute approximate surface area is 102 Å². The van der Waals surface area contributed by atoms with Crippen LogP contribution in [-0.2, 0) is 0 Å². The number of benzene rings is 1. The van der Waals surface area contributed by atoms with E-state index < -0.39 is 0 Å². The van der Waals surface area contributed by atoms with Crippen molar-refractivity contribution in [3.8, 4) is 5.75 Å². The molecule has 0 aromatic heterocycles. The molecular formula is C13H20N2O2. The largest absolute Gasteiger partial charge is 0.492 e. The highest BCUT2D eigenvalue weighted by Crippen LogP contribution is 2.15. The summed E-state index contributed by atoms with van der Waals surface area (Å²) in [5.74, 6) is 0.808. The number of piperidine rings is 1. The van der Waals surface area contributed by atoms with E-state index >= 15 is 0 Å². The number of ether oxygens (including phenoxy) is 1. The number of hydrogen-bond acceptors (Lipinski definition) is 4. The van der Waals surface area contributed by atoms with Crippen LogP contribution in [0.3, 0.4) is 0 Å². The Hall–Kier alpha value is -1.26. The van der Waals surface area contributed by atoms with Crippen LogP contribution in [0.25, 0.3) is 0 Å². The molecule has 1 heterocycles. The molecule has 2 rings (SSSR count). The molecule has 1 unspecified atom stereocenters. The molecule has 4 nitrogen and oxygen atoms in total. The number of aliphatic hydroxyl groups is 1. The third-order valence-electron chi connectivity index (χ3n) is 3.01. The van der Waals surface area contributed by atoms with Gasteiger partial charge in [-0.3, -0.25) is 4.90 Å². The molecule has 1 aromatic carbocycles. The van der Waals surface area contributed by atoms with Gasteiger partial charge >= 0.3 is 0 Å². The Kier molecular flexibility index (Phi) is 4.23. The molecule has 1 fully saturated rings. The summed E-state index contributed by atoms with van der Waals surface area (Å²) in [5, 5.41) is 9.53. The molecule has 1 aliphatic heterocycles. The van der Waals surface area contributed by atoms with Crippen LogP contribution in [-0.4, -0.2) is 42.4 Å². The van der Waals surface area contributed by atoms with Crippen LogP contribution in [0.4, 0.5) is 5.69 Å². The van der Waals surface area contributed by atoms with Gasteiger partial charge in [0.25, 0.3) is 0 Å². The summed E-state index contributed by atoms with van der Waals surface area (Å²) in [6.07, 6.45) is 1.82. The normalized spacial score (nSPS) is 21.4. The van der Waals surface area contributed by atoms with Crippen LogP contribution in [0.15, 0.2) is 24.3 Å². The lowest BCUT2D eigenvalue weighted by Crippen LogP contribution is -2.40. The first-order valence-corrected chi connectivity index (χ1v) is 6.13. The summed E-state index contributed by atoms with van der Waals surface area (Å²) >= 11 is 0. The summed E-state index contributed by atoms with van der Waals surface area (Å²) in [6, 6.07) is 7.45. The fourth-order valence-corrected chi connectivity index (χ4v) is 2.13. The fourth-order valence-electron chi connectivity index (χ4n) is 2.13. The molecule has 1 atom stereocenters. The van der Waals surface area contributed by atoms with Gasteiger partial charge in [-0.2, -0.15) is 0 Å². The second kappa shape index (κ2) is 5.89. The lowest BCUT2D eigenvalue weighted by molar-refractivity contribution is 0.0633. The van der Waals surface area contributed by atoms with E-state index in [2.05, 4.69) is 4.90 Å². The van der Waals surface area contributed by atoms with Gasteiger partial charge in [0.1, 0.15) is 12.4 Å². The molecule has 0 bridgehead atoms. The van der Waals surface area contributed by atoms with Crippen molar-refractivity contribution in [2.24, 2.45) is 0 Å². The van der Waals surface area contributed by atoms with Gasteiger partial charge in [-0.25, -0.2) is 0 Å². The smallest absolute Gasteiger partial charge is 0.121 e. The molecule has 1 saturated heterocycles. The second-order valence-corrected chi connectivity index (χ2v) is 4.52. The number of hydrogen-bond donors (Lipinski definition) is 2. The maximum atomic E-state index is 9.53. The van der Waals surface area contributed by atoms with Gasteiger partial charge in [0.2, 0.25) is 0 Å². The lowest BCUT2D eigenvalue weighted by atomic mass is 10.1. The predicted molar refractivity (Wildman–Crippen MR) is 68.0 cm³/mol. The highest BCUT2D eigenvalue weighted by molar-refractivity contribution is 5.43. The van der Waals surface area contributed by atoms with Crippen molar-refractivity contribution in [2.45, 2.75) is 18.9 Å². The van der Waals surface area contributed by atoms with E-state index in [9.17, 15) is 5.11 Å². The quantitative estimate of drug-likeness (QED) is 0.769. The Bertz CT molecular complexity index is 357. The van der Waals surface area contributed by atoms with E-state index in [1.807, 2.05) is 24.3 Å². The lowest BCUT2D eigenvalue weighted by Gasteiger charge is -2.29. The monoisotopic (exact) mass is 236 g/mol. The molecule has 1 aliphatic rings. The molecule has 0 aliphatic carbocycles. The number of aliphatic hydroxyl groups excluding tert-OH is 1. The van der Waals surface area contributed by atoms with Gasteiger partial charge in [0.05, 0.1) is 6.10 Å². The molecule has 3 N–H and O–H groups in total. The maximum Gasteiger partial charge on any atom is 0.121 e. The second-order valence-electron chi connectivity index (χ2n) is 4.52. The van der Waals surface area contributed by atoms with Crippen molar-refractivity contribution in [2.75, 3.05) is 32.0 Å². The number of nitrogens with two attached hydrogens (primary N) is 1. The van der Waals surface area contributed by atoms with Crippen LogP contribution in [0.1, 0.15) is 12.8 Å². The maximum absolute atomic E-state index is 9.53. The zero-order chi connectivity index (χ0) is 12.1. The van der Waals surface area contributed by atoms with E-state index in [1.54, 1.807) is 0 Å². The highest BCUT2D eigenvalue weighted by atomic mass is 16.5. The zero-order valence-electron chi connectivity index (χ0n) is 10.0. The Morgan fingerprint density at radius 3 is 3.12 bits per heavy atom. The molecule has 0 spiro atoms. The van der Waals surface area contributed by atoms with E-state index in [0.29, 0.717) is 6.61 Å². The van der Waals surface area contributed by atoms with E-state index in [4.69, 9.17) is 10.5 Å². The summed E-state index contributed by atoms with van der Waals surface area (Å²) in [7, 11) is 0.